The minimum atomic E-state index is 0.0255. The molecule has 0 radical (unpaired) electrons. The highest BCUT2D eigenvalue weighted by Gasteiger charge is 2.13. The summed E-state index contributed by atoms with van der Waals surface area (Å²) in [4.78, 5) is 13.7. The molecule has 0 atom stereocenters. The van der Waals surface area contributed by atoms with E-state index in [2.05, 4.69) is 64.4 Å². The third-order valence-electron chi connectivity index (χ3n) is 3.08. The summed E-state index contributed by atoms with van der Waals surface area (Å²) in [6, 6.07) is 6.61. The van der Waals surface area contributed by atoms with Gasteiger partial charge in [-0.25, -0.2) is 0 Å². The summed E-state index contributed by atoms with van der Waals surface area (Å²) in [5.41, 5.74) is 2.30. The lowest BCUT2D eigenvalue weighted by atomic mass is 10.1. The van der Waals surface area contributed by atoms with Gasteiger partial charge < -0.3 is 15.5 Å². The Morgan fingerprint density at radius 2 is 2.10 bits per heavy atom. The number of carbonyl (C=O) groups excluding carboxylic acids is 1. The second kappa shape index (κ2) is 8.27. The van der Waals surface area contributed by atoms with Crippen molar-refractivity contribution in [2.45, 2.75) is 33.4 Å². The standard InChI is InChI=1S/C15H24BrN3O/c1-5-19(10-15(20)17-4)14-7-6-13(16)8-12(14)9-18-11(2)3/h6-8,11,18H,5,9-10H2,1-4H3,(H,17,20). The first-order chi connectivity index (χ1) is 9.47. The van der Waals surface area contributed by atoms with E-state index in [0.29, 0.717) is 12.6 Å². The molecule has 0 spiro atoms. The number of nitrogens with one attached hydrogen (secondary N) is 2. The number of rotatable bonds is 7. The molecule has 5 heteroatoms. The van der Waals surface area contributed by atoms with Gasteiger partial charge in [-0.2, -0.15) is 0 Å². The van der Waals surface area contributed by atoms with E-state index in [-0.39, 0.29) is 5.91 Å². The first-order valence-electron chi connectivity index (χ1n) is 6.95. The van der Waals surface area contributed by atoms with Gasteiger partial charge in [-0.3, -0.25) is 4.79 Å². The van der Waals surface area contributed by atoms with Crippen molar-refractivity contribution in [1.29, 1.82) is 0 Å². The van der Waals surface area contributed by atoms with Crippen LogP contribution in [0.25, 0.3) is 0 Å². The van der Waals surface area contributed by atoms with Crippen molar-refractivity contribution in [3.05, 3.63) is 28.2 Å². The van der Waals surface area contributed by atoms with Crippen LogP contribution in [-0.2, 0) is 11.3 Å². The van der Waals surface area contributed by atoms with Crippen LogP contribution in [0.1, 0.15) is 26.3 Å². The van der Waals surface area contributed by atoms with Gasteiger partial charge >= 0.3 is 0 Å². The molecular weight excluding hydrogens is 318 g/mol. The fraction of sp³-hybridized carbons (Fsp3) is 0.533. The summed E-state index contributed by atoms with van der Waals surface area (Å²) in [7, 11) is 1.67. The molecular formula is C15H24BrN3O. The second-order valence-corrected chi connectivity index (χ2v) is 5.91. The maximum atomic E-state index is 11.6. The highest BCUT2D eigenvalue weighted by molar-refractivity contribution is 9.10. The second-order valence-electron chi connectivity index (χ2n) is 5.00. The molecule has 0 saturated heterocycles. The number of carbonyl (C=O) groups is 1. The Kier molecular flexibility index (Phi) is 7.02. The fourth-order valence-corrected chi connectivity index (χ4v) is 2.35. The number of anilines is 1. The fourth-order valence-electron chi connectivity index (χ4n) is 1.94. The topological polar surface area (TPSA) is 44.4 Å². The highest BCUT2D eigenvalue weighted by Crippen LogP contribution is 2.24. The van der Waals surface area contributed by atoms with Gasteiger partial charge in [-0.05, 0) is 30.7 Å². The van der Waals surface area contributed by atoms with Crippen LogP contribution >= 0.6 is 15.9 Å². The van der Waals surface area contributed by atoms with Gasteiger partial charge in [0, 0.05) is 36.3 Å². The van der Waals surface area contributed by atoms with E-state index in [1.54, 1.807) is 7.05 Å². The van der Waals surface area contributed by atoms with E-state index in [1.807, 2.05) is 6.07 Å². The summed E-state index contributed by atoms with van der Waals surface area (Å²) >= 11 is 3.51. The minimum absolute atomic E-state index is 0.0255. The predicted octanol–water partition coefficient (Wildman–Crippen LogP) is 2.52. The molecule has 0 aliphatic rings. The Balaban J connectivity index is 2.97. The maximum absolute atomic E-state index is 11.6. The third-order valence-corrected chi connectivity index (χ3v) is 3.57. The van der Waals surface area contributed by atoms with Crippen LogP contribution in [0.4, 0.5) is 5.69 Å². The Bertz CT molecular complexity index is 449. The zero-order valence-electron chi connectivity index (χ0n) is 12.7. The lowest BCUT2D eigenvalue weighted by molar-refractivity contribution is -0.119. The molecule has 1 aromatic rings. The Hall–Kier alpha value is -1.07. The van der Waals surface area contributed by atoms with Crippen molar-refractivity contribution >= 4 is 27.5 Å². The van der Waals surface area contributed by atoms with Gasteiger partial charge in [0.1, 0.15) is 0 Å². The molecule has 0 aliphatic carbocycles. The van der Waals surface area contributed by atoms with Crippen LogP contribution in [0.5, 0.6) is 0 Å². The smallest absolute Gasteiger partial charge is 0.239 e. The zero-order chi connectivity index (χ0) is 15.1. The summed E-state index contributed by atoms with van der Waals surface area (Å²) in [5, 5.41) is 6.10. The summed E-state index contributed by atoms with van der Waals surface area (Å²) in [6.45, 7) is 8.27. The van der Waals surface area contributed by atoms with Gasteiger partial charge in [0.25, 0.3) is 0 Å². The zero-order valence-corrected chi connectivity index (χ0v) is 14.3. The molecule has 4 nitrogen and oxygen atoms in total. The third kappa shape index (κ3) is 5.13. The van der Waals surface area contributed by atoms with E-state index in [4.69, 9.17) is 0 Å². The largest absolute Gasteiger partial charge is 0.362 e. The molecule has 0 saturated carbocycles. The highest BCUT2D eigenvalue weighted by atomic mass is 79.9. The van der Waals surface area contributed by atoms with E-state index in [9.17, 15) is 4.79 Å². The van der Waals surface area contributed by atoms with E-state index >= 15 is 0 Å². The van der Waals surface area contributed by atoms with E-state index in [1.165, 1.54) is 5.56 Å². The molecule has 1 aromatic carbocycles. The minimum Gasteiger partial charge on any atom is -0.362 e. The van der Waals surface area contributed by atoms with Gasteiger partial charge in [0.15, 0.2) is 0 Å². The maximum Gasteiger partial charge on any atom is 0.239 e. The van der Waals surface area contributed by atoms with Gasteiger partial charge in [-0.1, -0.05) is 29.8 Å². The van der Waals surface area contributed by atoms with Crippen molar-refractivity contribution < 1.29 is 4.79 Å². The Labute approximate surface area is 130 Å². The molecule has 20 heavy (non-hydrogen) atoms. The first kappa shape index (κ1) is 17.0. The average molecular weight is 342 g/mol. The SMILES string of the molecule is CCN(CC(=O)NC)c1ccc(Br)cc1CNC(C)C. The quantitative estimate of drug-likeness (QED) is 0.800. The molecule has 0 fully saturated rings. The van der Waals surface area contributed by atoms with Crippen LogP contribution in [0.2, 0.25) is 0 Å². The van der Waals surface area contributed by atoms with Gasteiger partial charge in [0.2, 0.25) is 5.91 Å². The van der Waals surface area contributed by atoms with Crippen LogP contribution in [-0.4, -0.2) is 32.1 Å². The number of hydrogen-bond donors (Lipinski definition) is 2. The Morgan fingerprint density at radius 1 is 1.40 bits per heavy atom. The first-order valence-corrected chi connectivity index (χ1v) is 7.74. The number of benzene rings is 1. The van der Waals surface area contributed by atoms with Crippen molar-refractivity contribution in [2.75, 3.05) is 25.0 Å². The van der Waals surface area contributed by atoms with Gasteiger partial charge in [0.05, 0.1) is 6.54 Å². The summed E-state index contributed by atoms with van der Waals surface area (Å²) in [6.07, 6.45) is 0. The number of halogens is 1. The lowest BCUT2D eigenvalue weighted by Crippen LogP contribution is -2.36. The molecule has 0 bridgehead atoms. The molecule has 112 valence electrons. The van der Waals surface area contributed by atoms with Crippen LogP contribution in [0.15, 0.2) is 22.7 Å². The molecule has 0 aromatic heterocycles. The van der Waals surface area contributed by atoms with Crippen LogP contribution < -0.4 is 15.5 Å². The van der Waals surface area contributed by atoms with Crippen LogP contribution in [0, 0.1) is 0 Å². The predicted molar refractivity (Wildman–Crippen MR) is 88.1 cm³/mol. The molecule has 0 aliphatic heterocycles. The molecule has 2 N–H and O–H groups in total. The van der Waals surface area contributed by atoms with Crippen molar-refractivity contribution in [3.63, 3.8) is 0 Å². The molecule has 1 amide bonds. The molecule has 1 rings (SSSR count). The molecule has 0 unspecified atom stereocenters. The van der Waals surface area contributed by atoms with Gasteiger partial charge in [-0.15, -0.1) is 0 Å². The summed E-state index contributed by atoms with van der Waals surface area (Å²) in [5.74, 6) is 0.0255. The Morgan fingerprint density at radius 3 is 2.65 bits per heavy atom. The number of hydrogen-bond acceptors (Lipinski definition) is 3. The molecule has 0 heterocycles. The van der Waals surface area contributed by atoms with E-state index < -0.39 is 0 Å². The van der Waals surface area contributed by atoms with Crippen molar-refractivity contribution in [3.8, 4) is 0 Å². The average Bonchev–Trinajstić information content (AvgIpc) is 2.42. The van der Waals surface area contributed by atoms with Crippen LogP contribution in [0.3, 0.4) is 0 Å². The van der Waals surface area contributed by atoms with Crippen molar-refractivity contribution in [1.82, 2.24) is 10.6 Å². The lowest BCUT2D eigenvalue weighted by Gasteiger charge is -2.25. The normalized spacial score (nSPS) is 10.7. The van der Waals surface area contributed by atoms with Crippen molar-refractivity contribution in [2.24, 2.45) is 0 Å². The monoisotopic (exact) mass is 341 g/mol. The van der Waals surface area contributed by atoms with E-state index in [0.717, 1.165) is 23.2 Å². The number of amides is 1. The number of likely N-dealkylation sites (N-methyl/N-ethyl adjacent to an activating group) is 2. The summed E-state index contributed by atoms with van der Waals surface area (Å²) < 4.78 is 1.05. The number of nitrogens with zero attached hydrogens (tertiary/aromatic N) is 1.